The van der Waals surface area contributed by atoms with Crippen LogP contribution in [0.2, 0.25) is 0 Å². The highest BCUT2D eigenvalue weighted by molar-refractivity contribution is 7.51. The van der Waals surface area contributed by atoms with Crippen molar-refractivity contribution in [1.82, 2.24) is 5.43 Å². The zero-order valence-corrected chi connectivity index (χ0v) is 4.23. The largest absolute Gasteiger partial charge is 0.524 e. The number of hydrogen-bond acceptors (Lipinski definition) is 4. The molecule has 7 heavy (non-hydrogen) atoms. The summed E-state index contributed by atoms with van der Waals surface area (Å²) in [5.41, 5.74) is 2.42. The van der Waals surface area contributed by atoms with Gasteiger partial charge >= 0.3 is 5.91 Å². The summed E-state index contributed by atoms with van der Waals surface area (Å²) in [5, 5.41) is 3.37. The molecular formula is C2H3N3OS. The molecular weight excluding hydrogens is 114 g/mol. The van der Waals surface area contributed by atoms with Crippen LogP contribution in [0.4, 0.5) is 0 Å². The lowest BCUT2D eigenvalue weighted by molar-refractivity contribution is -0.343. The van der Waals surface area contributed by atoms with Crippen LogP contribution in [-0.2, 0) is 17.6 Å². The molecule has 4 nitrogen and oxygen atoms in total. The van der Waals surface area contributed by atoms with Crippen LogP contribution >= 0.6 is 0 Å². The molecule has 0 atom stereocenters. The molecule has 0 saturated heterocycles. The van der Waals surface area contributed by atoms with E-state index in [9.17, 15) is 4.79 Å². The van der Waals surface area contributed by atoms with Gasteiger partial charge in [0.05, 0.1) is 5.22 Å². The van der Waals surface area contributed by atoms with Crippen molar-refractivity contribution < 1.29 is 8.90 Å². The van der Waals surface area contributed by atoms with E-state index in [1.54, 1.807) is 0 Å². The highest BCUT2D eigenvalue weighted by Crippen LogP contribution is 1.81. The monoisotopic (exact) mass is 117 g/mol. The number of nitrogens with zero attached hydrogens (tertiary/aromatic N) is 2. The summed E-state index contributed by atoms with van der Waals surface area (Å²) in [6.45, 7) is 0.240. The van der Waals surface area contributed by atoms with Crippen molar-refractivity contribution >= 4 is 18.7 Å². The van der Waals surface area contributed by atoms with Gasteiger partial charge in [-0.2, -0.15) is 5.43 Å². The Kier molecular flexibility index (Phi) is 0.900. The summed E-state index contributed by atoms with van der Waals surface area (Å²) in [5.74, 6) is -0.171. The topological polar surface area (TPSA) is 44.5 Å². The number of hydrogen-bond donors (Lipinski definition) is 1. The van der Waals surface area contributed by atoms with Gasteiger partial charge in [0.15, 0.2) is 0 Å². The van der Waals surface area contributed by atoms with Gasteiger partial charge < -0.3 is 12.8 Å². The van der Waals surface area contributed by atoms with Crippen LogP contribution in [0, 0.1) is 0 Å². The maximum absolute atomic E-state index is 10.2. The molecule has 1 rings (SSSR count). The highest BCUT2D eigenvalue weighted by Gasteiger charge is 2.12. The van der Waals surface area contributed by atoms with Crippen LogP contribution in [0.1, 0.15) is 0 Å². The second-order valence-electron chi connectivity index (χ2n) is 1.10. The molecule has 5 heteroatoms. The van der Waals surface area contributed by atoms with E-state index in [-0.39, 0.29) is 12.5 Å². The average Bonchev–Trinajstić information content (AvgIpc) is 1.91. The third-order valence-corrected chi connectivity index (χ3v) is 0.890. The standard InChI is InChI=1S/C2H3N3OS/c6-2-1-3-4-5(2)7/h3H,1H2. The fraction of sp³-hybridized carbons (Fsp3) is 0.500. The molecule has 0 aromatic heterocycles. The first kappa shape index (κ1) is 4.45. The van der Waals surface area contributed by atoms with E-state index in [4.69, 9.17) is 0 Å². The zero-order valence-electron chi connectivity index (χ0n) is 3.42. The molecule has 0 spiro atoms. The molecule has 0 radical (unpaired) electrons. The summed E-state index contributed by atoms with van der Waals surface area (Å²) in [6.07, 6.45) is 0. The minimum atomic E-state index is -0.171. The summed E-state index contributed by atoms with van der Waals surface area (Å²) in [4.78, 5) is 10.2. The number of nitrogens with one attached hydrogen (secondary N) is 1. The molecule has 0 saturated carbocycles. The first-order valence-electron chi connectivity index (χ1n) is 1.74. The molecule has 1 aliphatic rings. The van der Waals surface area contributed by atoms with Crippen molar-refractivity contribution in [3.8, 4) is 0 Å². The SMILES string of the molecule is O=C1CNN=[N+]1[S-]. The normalized spacial score (nSPS) is 18.9. The van der Waals surface area contributed by atoms with Gasteiger partial charge in [-0.25, -0.2) is 8.90 Å². The lowest BCUT2D eigenvalue weighted by Crippen LogP contribution is -2.12. The van der Waals surface area contributed by atoms with Gasteiger partial charge in [-0.15, -0.1) is 0 Å². The van der Waals surface area contributed by atoms with Gasteiger partial charge in [0.25, 0.3) is 0 Å². The van der Waals surface area contributed by atoms with Crippen LogP contribution in [0.15, 0.2) is 5.22 Å². The molecule has 0 unspecified atom stereocenters. The Morgan fingerprint density at radius 3 is 2.86 bits per heavy atom. The van der Waals surface area contributed by atoms with Crippen LogP contribution in [0.25, 0.3) is 0 Å². The van der Waals surface area contributed by atoms with E-state index in [0.717, 1.165) is 4.10 Å². The van der Waals surface area contributed by atoms with E-state index in [1.165, 1.54) is 0 Å². The summed E-state index contributed by atoms with van der Waals surface area (Å²) < 4.78 is 0.861. The minimum absolute atomic E-state index is 0.171. The van der Waals surface area contributed by atoms with Gasteiger partial charge in [0.1, 0.15) is 0 Å². The Morgan fingerprint density at radius 1 is 2.00 bits per heavy atom. The van der Waals surface area contributed by atoms with Gasteiger partial charge in [-0.05, 0) is 0 Å². The third-order valence-electron chi connectivity index (χ3n) is 0.605. The summed E-state index contributed by atoms with van der Waals surface area (Å²) >= 11 is 4.38. The Bertz CT molecular complexity index is 131. The second-order valence-corrected chi connectivity index (χ2v) is 1.45. The second kappa shape index (κ2) is 1.42. The van der Waals surface area contributed by atoms with Gasteiger partial charge in [0, 0.05) is 0 Å². The Balaban J connectivity index is 2.72. The van der Waals surface area contributed by atoms with E-state index >= 15 is 0 Å². The van der Waals surface area contributed by atoms with Crippen molar-refractivity contribution in [3.63, 3.8) is 0 Å². The van der Waals surface area contributed by atoms with Crippen LogP contribution < -0.4 is 5.43 Å². The van der Waals surface area contributed by atoms with Gasteiger partial charge in [-0.1, -0.05) is 0 Å². The van der Waals surface area contributed by atoms with Crippen LogP contribution in [0.5, 0.6) is 0 Å². The fourth-order valence-electron chi connectivity index (χ4n) is 0.291. The van der Waals surface area contributed by atoms with E-state index in [2.05, 4.69) is 23.5 Å². The van der Waals surface area contributed by atoms with E-state index < -0.39 is 0 Å². The molecule has 0 fully saturated rings. The first-order valence-corrected chi connectivity index (χ1v) is 2.11. The number of rotatable bonds is 0. The molecule has 38 valence electrons. The summed E-state index contributed by atoms with van der Waals surface area (Å²) in [6, 6.07) is 0. The number of carbonyl (C=O) groups excluding carboxylic acids is 1. The van der Waals surface area contributed by atoms with Crippen molar-refractivity contribution in [3.05, 3.63) is 0 Å². The molecule has 1 aliphatic heterocycles. The molecule has 0 aliphatic carbocycles. The van der Waals surface area contributed by atoms with Crippen LogP contribution in [0.3, 0.4) is 0 Å². The number of amides is 1. The zero-order chi connectivity index (χ0) is 5.28. The van der Waals surface area contributed by atoms with Crippen molar-refractivity contribution in [2.75, 3.05) is 6.54 Å². The molecule has 1 heterocycles. The molecule has 0 aromatic rings. The lowest BCUT2D eigenvalue weighted by atomic mass is 10.7. The van der Waals surface area contributed by atoms with E-state index in [1.807, 2.05) is 0 Å². The maximum Gasteiger partial charge on any atom is 0.355 e. The number of carbonyl (C=O) groups is 1. The van der Waals surface area contributed by atoms with Gasteiger partial charge in [-0.3, -0.25) is 0 Å². The minimum Gasteiger partial charge on any atom is -0.524 e. The summed E-state index contributed by atoms with van der Waals surface area (Å²) in [7, 11) is 0. The Morgan fingerprint density at radius 2 is 2.71 bits per heavy atom. The quantitative estimate of drug-likeness (QED) is 0.325. The Hall–Kier alpha value is -0.710. The van der Waals surface area contributed by atoms with Crippen LogP contribution in [-0.4, -0.2) is 16.6 Å². The fourth-order valence-corrected chi connectivity index (χ4v) is 0.413. The smallest absolute Gasteiger partial charge is 0.355 e. The molecule has 1 amide bonds. The van der Waals surface area contributed by atoms with Crippen molar-refractivity contribution in [2.45, 2.75) is 0 Å². The maximum atomic E-state index is 10.2. The van der Waals surface area contributed by atoms with Crippen molar-refractivity contribution in [1.29, 1.82) is 0 Å². The lowest BCUT2D eigenvalue weighted by Gasteiger charge is -1.88. The average molecular weight is 117 g/mol. The van der Waals surface area contributed by atoms with Crippen molar-refractivity contribution in [2.24, 2.45) is 5.22 Å². The van der Waals surface area contributed by atoms with E-state index in [0.29, 0.717) is 0 Å². The molecule has 0 bridgehead atoms. The third kappa shape index (κ3) is 0.663. The predicted octanol–water partition coefficient (Wildman–Crippen LogP) is -1.04. The first-order chi connectivity index (χ1) is 3.30. The predicted molar refractivity (Wildman–Crippen MR) is 23.1 cm³/mol. The molecule has 0 aromatic carbocycles. The molecule has 1 N–H and O–H groups in total. The Labute approximate surface area is 45.7 Å². The highest BCUT2D eigenvalue weighted by atomic mass is 32.1. The van der Waals surface area contributed by atoms with Gasteiger partial charge in [0.2, 0.25) is 6.54 Å².